The smallest absolute Gasteiger partial charge is 0.301 e. The Balaban J connectivity index is 1.80. The van der Waals surface area contributed by atoms with Crippen LogP contribution in [0.1, 0.15) is 29.9 Å². The third-order valence-electron chi connectivity index (χ3n) is 5.22. The number of hydrogen-bond acceptors (Lipinski definition) is 3. The third kappa shape index (κ3) is 4.35. The van der Waals surface area contributed by atoms with Crippen LogP contribution in [0.2, 0.25) is 15.1 Å². The average Bonchev–Trinajstić information content (AvgIpc) is 3.06. The van der Waals surface area contributed by atoms with Crippen LogP contribution in [0.15, 0.2) is 42.5 Å². The molecule has 4 rings (SSSR count). The number of halogens is 3. The van der Waals surface area contributed by atoms with Crippen molar-refractivity contribution in [2.75, 3.05) is 13.1 Å². The quantitative estimate of drug-likeness (QED) is 0.528. The molecule has 2 heterocycles. The van der Waals surface area contributed by atoms with E-state index >= 15 is 0 Å². The van der Waals surface area contributed by atoms with Crippen LogP contribution in [0.3, 0.4) is 0 Å². The van der Waals surface area contributed by atoms with Crippen LogP contribution < -0.4 is 5.43 Å². The molecule has 1 saturated heterocycles. The summed E-state index contributed by atoms with van der Waals surface area (Å²) in [6.45, 7) is 1.69. The van der Waals surface area contributed by atoms with E-state index in [-0.39, 0.29) is 5.91 Å². The van der Waals surface area contributed by atoms with Gasteiger partial charge in [-0.15, -0.1) is 0 Å². The van der Waals surface area contributed by atoms with Gasteiger partial charge in [-0.3, -0.25) is 10.2 Å². The number of amides is 1. The maximum Gasteiger partial charge on any atom is 0.301 e. The Morgan fingerprint density at radius 1 is 0.967 bits per heavy atom. The van der Waals surface area contributed by atoms with E-state index < -0.39 is 0 Å². The van der Waals surface area contributed by atoms with E-state index in [4.69, 9.17) is 39.8 Å². The van der Waals surface area contributed by atoms with Crippen LogP contribution in [0.25, 0.3) is 22.5 Å². The highest BCUT2D eigenvalue weighted by Gasteiger charge is 2.25. The summed E-state index contributed by atoms with van der Waals surface area (Å²) in [4.78, 5) is 17.7. The lowest BCUT2D eigenvalue weighted by Gasteiger charge is -2.26. The number of benzene rings is 2. The molecule has 1 fully saturated rings. The highest BCUT2D eigenvalue weighted by molar-refractivity contribution is 6.36. The second kappa shape index (κ2) is 8.98. The molecule has 1 N–H and O–H groups in total. The Kier molecular flexibility index (Phi) is 6.34. The van der Waals surface area contributed by atoms with Crippen molar-refractivity contribution in [3.05, 3.63) is 63.4 Å². The maximum atomic E-state index is 13.0. The van der Waals surface area contributed by atoms with Gasteiger partial charge in [-0.1, -0.05) is 53.4 Å². The summed E-state index contributed by atoms with van der Waals surface area (Å²) in [5.41, 5.74) is 5.97. The first-order valence-corrected chi connectivity index (χ1v) is 10.9. The van der Waals surface area contributed by atoms with Gasteiger partial charge in [0.25, 0.3) is 0 Å². The molecule has 3 aromatic rings. The van der Waals surface area contributed by atoms with E-state index in [9.17, 15) is 4.79 Å². The number of nitrogens with one attached hydrogen (secondary N) is 1. The van der Waals surface area contributed by atoms with Gasteiger partial charge in [-0.2, -0.15) is 0 Å². The topological polar surface area (TPSA) is 50.2 Å². The van der Waals surface area contributed by atoms with Crippen LogP contribution >= 0.6 is 34.8 Å². The minimum absolute atomic E-state index is 0.244. The van der Waals surface area contributed by atoms with E-state index in [2.05, 4.69) is 5.43 Å². The fourth-order valence-electron chi connectivity index (χ4n) is 3.70. The van der Waals surface area contributed by atoms with Crippen molar-refractivity contribution in [3.63, 3.8) is 0 Å². The molecular formula is C22H21Cl3N4O. The molecule has 1 aliphatic heterocycles. The highest BCUT2D eigenvalue weighted by Crippen LogP contribution is 2.37. The van der Waals surface area contributed by atoms with E-state index in [1.54, 1.807) is 28.8 Å². The molecule has 0 radical (unpaired) electrons. The summed E-state index contributed by atoms with van der Waals surface area (Å²) in [5, 5.41) is 3.62. The molecule has 0 atom stereocenters. The number of nitrogens with zero attached hydrogens (tertiary/aromatic N) is 3. The fourth-order valence-corrected chi connectivity index (χ4v) is 4.32. The zero-order chi connectivity index (χ0) is 21.3. The Morgan fingerprint density at radius 3 is 2.30 bits per heavy atom. The van der Waals surface area contributed by atoms with Gasteiger partial charge in [0.2, 0.25) is 5.82 Å². The lowest BCUT2D eigenvalue weighted by atomic mass is 10.0. The monoisotopic (exact) mass is 462 g/mol. The minimum Gasteiger partial charge on any atom is -0.322 e. The number of carbonyl (C=O) groups is 1. The van der Waals surface area contributed by atoms with Crippen molar-refractivity contribution in [3.8, 4) is 22.5 Å². The van der Waals surface area contributed by atoms with Gasteiger partial charge in [0.1, 0.15) is 0 Å². The lowest BCUT2D eigenvalue weighted by molar-refractivity contribution is 0.0736. The van der Waals surface area contributed by atoms with Crippen LogP contribution in [0, 0.1) is 0 Å². The van der Waals surface area contributed by atoms with E-state index in [0.717, 1.165) is 42.8 Å². The predicted molar refractivity (Wildman–Crippen MR) is 122 cm³/mol. The summed E-state index contributed by atoms with van der Waals surface area (Å²) >= 11 is 18.7. The number of rotatable bonds is 4. The van der Waals surface area contributed by atoms with Gasteiger partial charge < -0.3 is 4.57 Å². The molecule has 8 heteroatoms. The Labute approximate surface area is 190 Å². The van der Waals surface area contributed by atoms with Gasteiger partial charge in [-0.25, -0.2) is 9.99 Å². The van der Waals surface area contributed by atoms with Crippen LogP contribution in [-0.2, 0) is 7.05 Å². The number of hydrogen-bond donors (Lipinski definition) is 1. The molecule has 0 spiro atoms. The standard InChI is InChI=1S/C22H21Cl3N4O/c1-28-20(17-10-9-16(24)13-18(17)25)19(14-5-7-15(23)8-6-14)26-21(28)22(30)27-29-11-3-2-4-12-29/h5-10,13H,2-4,11-12H2,1H3,(H,27,30). The van der Waals surface area contributed by atoms with Crippen molar-refractivity contribution in [2.24, 2.45) is 7.05 Å². The molecule has 2 aromatic carbocycles. The van der Waals surface area contributed by atoms with Crippen molar-refractivity contribution >= 4 is 40.7 Å². The first-order chi connectivity index (χ1) is 14.4. The molecule has 0 saturated carbocycles. The molecule has 1 aliphatic rings. The van der Waals surface area contributed by atoms with Gasteiger partial charge in [-0.05, 0) is 43.2 Å². The largest absolute Gasteiger partial charge is 0.322 e. The molecule has 1 amide bonds. The molecule has 30 heavy (non-hydrogen) atoms. The van der Waals surface area contributed by atoms with Gasteiger partial charge in [0, 0.05) is 41.3 Å². The molecule has 0 aliphatic carbocycles. The number of imidazole rings is 1. The molecular weight excluding hydrogens is 443 g/mol. The number of aromatic nitrogens is 2. The van der Waals surface area contributed by atoms with E-state index in [1.807, 2.05) is 30.3 Å². The molecule has 1 aromatic heterocycles. The lowest BCUT2D eigenvalue weighted by Crippen LogP contribution is -2.45. The minimum atomic E-state index is -0.244. The maximum absolute atomic E-state index is 13.0. The normalized spacial score (nSPS) is 14.7. The Morgan fingerprint density at radius 2 is 1.63 bits per heavy atom. The second-order valence-corrected chi connectivity index (χ2v) is 8.59. The zero-order valence-corrected chi connectivity index (χ0v) is 18.7. The van der Waals surface area contributed by atoms with Gasteiger partial charge >= 0.3 is 5.91 Å². The molecule has 0 bridgehead atoms. The number of piperidine rings is 1. The average molecular weight is 464 g/mol. The zero-order valence-electron chi connectivity index (χ0n) is 16.5. The summed E-state index contributed by atoms with van der Waals surface area (Å²) in [7, 11) is 1.82. The first kappa shape index (κ1) is 21.2. The van der Waals surface area contributed by atoms with Gasteiger partial charge in [0.15, 0.2) is 0 Å². The van der Waals surface area contributed by atoms with Crippen molar-refractivity contribution in [1.29, 1.82) is 0 Å². The number of carbonyl (C=O) groups excluding carboxylic acids is 1. The summed E-state index contributed by atoms with van der Waals surface area (Å²) in [6, 6.07) is 12.7. The highest BCUT2D eigenvalue weighted by atomic mass is 35.5. The third-order valence-corrected chi connectivity index (χ3v) is 6.02. The Hall–Kier alpha value is -2.05. The fraction of sp³-hybridized carbons (Fsp3) is 0.273. The summed E-state index contributed by atoms with van der Waals surface area (Å²) in [5.74, 6) is 0.0671. The van der Waals surface area contributed by atoms with E-state index in [1.165, 1.54) is 6.42 Å². The second-order valence-electron chi connectivity index (χ2n) is 7.31. The van der Waals surface area contributed by atoms with Crippen LogP contribution in [0.4, 0.5) is 0 Å². The van der Waals surface area contributed by atoms with Gasteiger partial charge in [0.05, 0.1) is 16.4 Å². The van der Waals surface area contributed by atoms with Crippen molar-refractivity contribution < 1.29 is 4.79 Å². The molecule has 5 nitrogen and oxygen atoms in total. The summed E-state index contributed by atoms with van der Waals surface area (Å²) < 4.78 is 1.78. The summed E-state index contributed by atoms with van der Waals surface area (Å²) in [6.07, 6.45) is 3.33. The number of hydrazine groups is 1. The van der Waals surface area contributed by atoms with Crippen LogP contribution in [0.5, 0.6) is 0 Å². The first-order valence-electron chi connectivity index (χ1n) is 9.78. The SMILES string of the molecule is Cn1c(C(=O)NN2CCCCC2)nc(-c2ccc(Cl)cc2)c1-c1ccc(Cl)cc1Cl. The van der Waals surface area contributed by atoms with Crippen molar-refractivity contribution in [2.45, 2.75) is 19.3 Å². The molecule has 0 unspecified atom stereocenters. The van der Waals surface area contributed by atoms with Crippen LogP contribution in [-0.4, -0.2) is 33.6 Å². The Bertz CT molecular complexity index is 1070. The van der Waals surface area contributed by atoms with Crippen molar-refractivity contribution in [1.82, 2.24) is 20.0 Å². The molecule has 156 valence electrons. The van der Waals surface area contributed by atoms with E-state index in [0.29, 0.717) is 26.6 Å². The predicted octanol–water partition coefficient (Wildman–Crippen LogP) is 5.85.